The number of nitrogens with one attached hydrogen (secondary N) is 3. The van der Waals surface area contributed by atoms with E-state index in [0.29, 0.717) is 19.1 Å². The fourth-order valence-electron chi connectivity index (χ4n) is 3.16. The Labute approximate surface area is 189 Å². The molecular formula is C18H30IN5O4S. The molecule has 0 heterocycles. The first-order valence-electron chi connectivity index (χ1n) is 9.58. The zero-order chi connectivity index (χ0) is 20.6. The smallest absolute Gasteiger partial charge is 0.293 e. The number of sulfone groups is 1. The number of nitro groups is 1. The van der Waals surface area contributed by atoms with Crippen LogP contribution in [0, 0.1) is 10.1 Å². The molecule has 0 unspecified atom stereocenters. The molecule has 0 bridgehead atoms. The number of nitro benzene ring substituents is 1. The number of hydrogen-bond acceptors (Lipinski definition) is 6. The van der Waals surface area contributed by atoms with Gasteiger partial charge in [0.15, 0.2) is 15.8 Å². The minimum absolute atomic E-state index is 0. The van der Waals surface area contributed by atoms with Crippen LogP contribution >= 0.6 is 24.0 Å². The molecule has 0 atom stereocenters. The highest BCUT2D eigenvalue weighted by molar-refractivity contribution is 14.0. The zero-order valence-electron chi connectivity index (χ0n) is 16.8. The Morgan fingerprint density at radius 1 is 1.28 bits per heavy atom. The summed E-state index contributed by atoms with van der Waals surface area (Å²) >= 11 is 0. The molecule has 29 heavy (non-hydrogen) atoms. The van der Waals surface area contributed by atoms with E-state index >= 15 is 0 Å². The summed E-state index contributed by atoms with van der Waals surface area (Å²) in [7, 11) is -3.50. The Morgan fingerprint density at radius 2 is 1.97 bits per heavy atom. The average Bonchev–Trinajstić information content (AvgIpc) is 2.65. The van der Waals surface area contributed by atoms with E-state index in [1.54, 1.807) is 0 Å². The molecule has 2 rings (SSSR count). The van der Waals surface area contributed by atoms with Gasteiger partial charge in [0, 0.05) is 31.5 Å². The zero-order valence-corrected chi connectivity index (χ0v) is 20.0. The molecule has 1 aliphatic carbocycles. The number of anilines is 1. The van der Waals surface area contributed by atoms with Gasteiger partial charge in [-0.3, -0.25) is 15.1 Å². The molecule has 1 aliphatic rings. The Bertz CT molecular complexity index is 810. The van der Waals surface area contributed by atoms with Crippen molar-refractivity contribution in [1.82, 2.24) is 10.6 Å². The summed E-state index contributed by atoms with van der Waals surface area (Å²) in [6.45, 7) is 3.57. The molecule has 0 radical (unpaired) electrons. The molecule has 9 nitrogen and oxygen atoms in total. The number of aliphatic imine (C=N–C) groups is 1. The molecule has 0 aliphatic heterocycles. The van der Waals surface area contributed by atoms with Gasteiger partial charge in [-0.05, 0) is 31.9 Å². The van der Waals surface area contributed by atoms with Crippen molar-refractivity contribution in [1.29, 1.82) is 0 Å². The van der Waals surface area contributed by atoms with E-state index in [1.165, 1.54) is 31.4 Å². The van der Waals surface area contributed by atoms with Crippen molar-refractivity contribution in [2.24, 2.45) is 4.99 Å². The molecule has 164 valence electrons. The van der Waals surface area contributed by atoms with Crippen LogP contribution in [0.4, 0.5) is 11.4 Å². The fraction of sp³-hybridized carbons (Fsp3) is 0.611. The summed E-state index contributed by atoms with van der Waals surface area (Å²) in [4.78, 5) is 15.1. The Hall–Kier alpha value is -1.63. The highest BCUT2D eigenvalue weighted by Crippen LogP contribution is 2.27. The molecular weight excluding hydrogens is 509 g/mol. The predicted molar refractivity (Wildman–Crippen MR) is 126 cm³/mol. The van der Waals surface area contributed by atoms with E-state index in [-0.39, 0.29) is 40.2 Å². The van der Waals surface area contributed by atoms with Crippen molar-refractivity contribution < 1.29 is 13.3 Å². The van der Waals surface area contributed by atoms with Crippen LogP contribution in [0.5, 0.6) is 0 Å². The Kier molecular flexibility index (Phi) is 10.6. The number of rotatable bonds is 8. The van der Waals surface area contributed by atoms with Crippen LogP contribution in [0.2, 0.25) is 0 Å². The summed E-state index contributed by atoms with van der Waals surface area (Å²) in [5.41, 5.74) is 0.0111. The molecule has 1 fully saturated rings. The van der Waals surface area contributed by atoms with E-state index in [9.17, 15) is 18.5 Å². The normalized spacial score (nSPS) is 15.3. The van der Waals surface area contributed by atoms with Crippen LogP contribution in [0.3, 0.4) is 0 Å². The molecule has 1 aromatic rings. The summed E-state index contributed by atoms with van der Waals surface area (Å²) in [5, 5.41) is 20.9. The number of nitrogens with zero attached hydrogens (tertiary/aromatic N) is 2. The summed E-state index contributed by atoms with van der Waals surface area (Å²) in [6, 6.07) is 4.30. The lowest BCUT2D eigenvalue weighted by Gasteiger charge is -2.24. The maximum Gasteiger partial charge on any atom is 0.293 e. The molecule has 0 spiro atoms. The SMILES string of the molecule is CCNC(=NCCNc1ccc(S(C)(=O)=O)cc1[N+](=O)[O-])NC1CCCCC1.I. The molecule has 11 heteroatoms. The molecule has 0 saturated heterocycles. The van der Waals surface area contributed by atoms with Crippen LogP contribution in [0.15, 0.2) is 28.1 Å². The van der Waals surface area contributed by atoms with Crippen molar-refractivity contribution in [2.45, 2.75) is 50.0 Å². The maximum absolute atomic E-state index is 11.6. The van der Waals surface area contributed by atoms with Crippen molar-refractivity contribution in [2.75, 3.05) is 31.2 Å². The van der Waals surface area contributed by atoms with Crippen LogP contribution < -0.4 is 16.0 Å². The summed E-state index contributed by atoms with van der Waals surface area (Å²) in [6.07, 6.45) is 7.04. The highest BCUT2D eigenvalue weighted by atomic mass is 127. The Morgan fingerprint density at radius 3 is 2.55 bits per heavy atom. The van der Waals surface area contributed by atoms with E-state index in [1.807, 2.05) is 6.92 Å². The summed E-state index contributed by atoms with van der Waals surface area (Å²) in [5.74, 6) is 0.748. The van der Waals surface area contributed by atoms with Gasteiger partial charge in [-0.15, -0.1) is 24.0 Å². The molecule has 1 saturated carbocycles. The van der Waals surface area contributed by atoms with Crippen LogP contribution in [0.1, 0.15) is 39.0 Å². The van der Waals surface area contributed by atoms with E-state index in [2.05, 4.69) is 20.9 Å². The van der Waals surface area contributed by atoms with E-state index < -0.39 is 14.8 Å². The number of guanidine groups is 1. The molecule has 1 aromatic carbocycles. The van der Waals surface area contributed by atoms with Crippen molar-refractivity contribution in [3.63, 3.8) is 0 Å². The first kappa shape index (κ1) is 25.4. The highest BCUT2D eigenvalue weighted by Gasteiger charge is 2.18. The predicted octanol–water partition coefficient (Wildman–Crippen LogP) is 2.92. The van der Waals surface area contributed by atoms with Gasteiger partial charge >= 0.3 is 0 Å². The lowest BCUT2D eigenvalue weighted by atomic mass is 9.96. The van der Waals surface area contributed by atoms with Gasteiger partial charge in [0.1, 0.15) is 5.69 Å². The summed E-state index contributed by atoms with van der Waals surface area (Å²) < 4.78 is 23.2. The standard InChI is InChI=1S/C18H29N5O4S.HI/c1-3-19-18(22-14-7-5-4-6-8-14)21-12-11-20-16-10-9-15(28(2,26)27)13-17(16)23(24)25;/h9-10,13-14,20H,3-8,11-12H2,1-2H3,(H2,19,21,22);1H. The average molecular weight is 539 g/mol. The minimum Gasteiger partial charge on any atom is -0.378 e. The van der Waals surface area contributed by atoms with Gasteiger partial charge in [-0.1, -0.05) is 19.3 Å². The first-order chi connectivity index (χ1) is 13.3. The van der Waals surface area contributed by atoms with E-state index in [4.69, 9.17) is 0 Å². The fourth-order valence-corrected chi connectivity index (χ4v) is 3.80. The third-order valence-electron chi connectivity index (χ3n) is 4.58. The van der Waals surface area contributed by atoms with Gasteiger partial charge in [-0.25, -0.2) is 8.42 Å². The van der Waals surface area contributed by atoms with Crippen molar-refractivity contribution in [3.05, 3.63) is 28.3 Å². The van der Waals surface area contributed by atoms with E-state index in [0.717, 1.165) is 37.7 Å². The second-order valence-corrected chi connectivity index (χ2v) is 8.89. The second kappa shape index (κ2) is 12.2. The Balaban J connectivity index is 0.00000420. The van der Waals surface area contributed by atoms with Crippen LogP contribution in [-0.4, -0.2) is 51.2 Å². The molecule has 0 aromatic heterocycles. The number of halogens is 1. The number of hydrogen-bond donors (Lipinski definition) is 3. The lowest BCUT2D eigenvalue weighted by Crippen LogP contribution is -2.44. The van der Waals surface area contributed by atoms with Crippen molar-refractivity contribution in [3.8, 4) is 0 Å². The van der Waals surface area contributed by atoms with Gasteiger partial charge in [0.05, 0.1) is 16.4 Å². The van der Waals surface area contributed by atoms with Gasteiger partial charge in [0.2, 0.25) is 0 Å². The monoisotopic (exact) mass is 539 g/mol. The van der Waals surface area contributed by atoms with Gasteiger partial charge in [0.25, 0.3) is 5.69 Å². The number of benzene rings is 1. The topological polar surface area (TPSA) is 126 Å². The van der Waals surface area contributed by atoms with Gasteiger partial charge < -0.3 is 16.0 Å². The van der Waals surface area contributed by atoms with Gasteiger partial charge in [-0.2, -0.15) is 0 Å². The first-order valence-corrected chi connectivity index (χ1v) is 11.5. The quantitative estimate of drug-likeness (QED) is 0.116. The second-order valence-electron chi connectivity index (χ2n) is 6.87. The lowest BCUT2D eigenvalue weighted by molar-refractivity contribution is -0.384. The molecule has 3 N–H and O–H groups in total. The van der Waals surface area contributed by atoms with Crippen LogP contribution in [-0.2, 0) is 9.84 Å². The maximum atomic E-state index is 11.6. The molecule has 0 amide bonds. The van der Waals surface area contributed by atoms with Crippen LogP contribution in [0.25, 0.3) is 0 Å². The largest absolute Gasteiger partial charge is 0.378 e. The van der Waals surface area contributed by atoms with Crippen molar-refractivity contribution >= 4 is 51.1 Å². The minimum atomic E-state index is -3.50. The third-order valence-corrected chi connectivity index (χ3v) is 5.69. The third kappa shape index (κ3) is 8.33.